The fourth-order valence-electron chi connectivity index (χ4n) is 3.44. The van der Waals surface area contributed by atoms with Crippen LogP contribution in [0.15, 0.2) is 48.5 Å². The molecule has 0 bridgehead atoms. The van der Waals surface area contributed by atoms with Gasteiger partial charge in [0, 0.05) is 25.1 Å². The molecule has 0 aromatic heterocycles. The molecule has 1 aliphatic heterocycles. The molecular formula is C22H27NO4. The summed E-state index contributed by atoms with van der Waals surface area (Å²) in [4.78, 5) is 14.6. The van der Waals surface area contributed by atoms with Gasteiger partial charge in [0.2, 0.25) is 0 Å². The van der Waals surface area contributed by atoms with Crippen LogP contribution in [0.25, 0.3) is 0 Å². The molecular weight excluding hydrogens is 342 g/mol. The van der Waals surface area contributed by atoms with Crippen molar-refractivity contribution in [3.63, 3.8) is 0 Å². The van der Waals surface area contributed by atoms with Crippen LogP contribution in [0.2, 0.25) is 0 Å². The minimum Gasteiger partial charge on any atom is -0.497 e. The van der Waals surface area contributed by atoms with E-state index in [-0.39, 0.29) is 12.5 Å². The first-order valence-corrected chi connectivity index (χ1v) is 9.38. The highest BCUT2D eigenvalue weighted by Gasteiger charge is 2.23. The van der Waals surface area contributed by atoms with Crippen LogP contribution in [0.1, 0.15) is 30.7 Å². The maximum Gasteiger partial charge on any atom is 0.260 e. The predicted molar refractivity (Wildman–Crippen MR) is 105 cm³/mol. The molecule has 0 N–H and O–H groups in total. The first-order chi connectivity index (χ1) is 13.2. The zero-order chi connectivity index (χ0) is 19.1. The second-order valence-electron chi connectivity index (χ2n) is 6.77. The Morgan fingerprint density at radius 2 is 1.74 bits per heavy atom. The van der Waals surface area contributed by atoms with Gasteiger partial charge in [-0.15, -0.1) is 0 Å². The highest BCUT2D eigenvalue weighted by atomic mass is 16.5. The average molecular weight is 369 g/mol. The molecule has 0 spiro atoms. The van der Waals surface area contributed by atoms with Gasteiger partial charge in [-0.2, -0.15) is 0 Å². The van der Waals surface area contributed by atoms with Crippen molar-refractivity contribution < 1.29 is 19.0 Å². The number of amides is 1. The number of rotatable bonds is 6. The summed E-state index contributed by atoms with van der Waals surface area (Å²) in [6.45, 7) is 1.56. The van der Waals surface area contributed by atoms with Gasteiger partial charge in [0.15, 0.2) is 6.61 Å². The van der Waals surface area contributed by atoms with Gasteiger partial charge in [-0.25, -0.2) is 0 Å². The number of benzene rings is 2. The summed E-state index contributed by atoms with van der Waals surface area (Å²) in [6.07, 6.45) is 3.24. The largest absolute Gasteiger partial charge is 0.497 e. The van der Waals surface area contributed by atoms with Crippen molar-refractivity contribution >= 4 is 5.91 Å². The molecule has 2 aromatic rings. The highest BCUT2D eigenvalue weighted by molar-refractivity contribution is 5.78. The third-order valence-corrected chi connectivity index (χ3v) is 5.01. The van der Waals surface area contributed by atoms with Crippen LogP contribution < -0.4 is 14.2 Å². The lowest BCUT2D eigenvalue weighted by Gasteiger charge is -2.25. The molecule has 1 atom stereocenters. The van der Waals surface area contributed by atoms with Crippen LogP contribution >= 0.6 is 0 Å². The SMILES string of the molecule is COc1ccc(C2CCCCN(C(=O)COc3cccc(OC)c3)C2)cc1. The number of likely N-dealkylation sites (tertiary alicyclic amines) is 1. The first kappa shape index (κ1) is 19.1. The van der Waals surface area contributed by atoms with E-state index < -0.39 is 0 Å². The number of ether oxygens (including phenoxy) is 3. The lowest BCUT2D eigenvalue weighted by atomic mass is 9.94. The van der Waals surface area contributed by atoms with Crippen molar-refractivity contribution in [2.75, 3.05) is 33.9 Å². The summed E-state index contributed by atoms with van der Waals surface area (Å²) >= 11 is 0. The molecule has 1 aliphatic rings. The average Bonchev–Trinajstić information content (AvgIpc) is 2.98. The molecule has 1 saturated heterocycles. The first-order valence-electron chi connectivity index (χ1n) is 9.38. The second kappa shape index (κ2) is 9.31. The fourth-order valence-corrected chi connectivity index (χ4v) is 3.44. The van der Waals surface area contributed by atoms with E-state index in [0.29, 0.717) is 17.4 Å². The summed E-state index contributed by atoms with van der Waals surface area (Å²) in [5.74, 6) is 2.59. The maximum absolute atomic E-state index is 12.7. The zero-order valence-corrected chi connectivity index (χ0v) is 16.0. The minimum absolute atomic E-state index is 0.0261. The third-order valence-electron chi connectivity index (χ3n) is 5.01. The summed E-state index contributed by atoms with van der Waals surface area (Å²) in [5.41, 5.74) is 1.25. The number of nitrogens with zero attached hydrogens (tertiary/aromatic N) is 1. The van der Waals surface area contributed by atoms with Crippen LogP contribution in [-0.2, 0) is 4.79 Å². The summed E-state index contributed by atoms with van der Waals surface area (Å²) in [5, 5.41) is 0. The van der Waals surface area contributed by atoms with Crippen molar-refractivity contribution in [3.05, 3.63) is 54.1 Å². The summed E-state index contributed by atoms with van der Waals surface area (Å²) in [6, 6.07) is 15.5. The van der Waals surface area contributed by atoms with Gasteiger partial charge in [-0.3, -0.25) is 4.79 Å². The molecule has 0 radical (unpaired) electrons. The van der Waals surface area contributed by atoms with E-state index in [9.17, 15) is 4.79 Å². The van der Waals surface area contributed by atoms with Crippen molar-refractivity contribution in [3.8, 4) is 17.2 Å². The quantitative estimate of drug-likeness (QED) is 0.775. The molecule has 27 heavy (non-hydrogen) atoms. The van der Waals surface area contributed by atoms with Crippen LogP contribution in [0, 0.1) is 0 Å². The Morgan fingerprint density at radius 1 is 1.00 bits per heavy atom. The van der Waals surface area contributed by atoms with Crippen LogP contribution in [-0.4, -0.2) is 44.7 Å². The molecule has 5 heteroatoms. The Morgan fingerprint density at radius 3 is 2.48 bits per heavy atom. The Labute approximate surface area is 160 Å². The van der Waals surface area contributed by atoms with Gasteiger partial charge in [-0.05, 0) is 42.7 Å². The minimum atomic E-state index is 0.0261. The maximum atomic E-state index is 12.7. The standard InChI is InChI=1S/C22H27NO4/c1-25-19-11-9-17(10-12-19)18-6-3-4-13-23(15-18)22(24)16-27-21-8-5-7-20(14-21)26-2/h5,7-12,14,18H,3-4,6,13,15-16H2,1-2H3. The fraction of sp³-hybridized carbons (Fsp3) is 0.409. The predicted octanol–water partition coefficient (Wildman–Crippen LogP) is 3.88. The van der Waals surface area contributed by atoms with Gasteiger partial charge >= 0.3 is 0 Å². The molecule has 1 fully saturated rings. The van der Waals surface area contributed by atoms with Crippen molar-refractivity contribution in [2.24, 2.45) is 0 Å². The van der Waals surface area contributed by atoms with E-state index in [1.54, 1.807) is 20.3 Å². The van der Waals surface area contributed by atoms with E-state index >= 15 is 0 Å². The van der Waals surface area contributed by atoms with E-state index in [1.165, 1.54) is 5.56 Å². The number of carbonyl (C=O) groups is 1. The molecule has 1 heterocycles. The van der Waals surface area contributed by atoms with Gasteiger partial charge in [0.05, 0.1) is 14.2 Å². The number of carbonyl (C=O) groups excluding carboxylic acids is 1. The molecule has 5 nitrogen and oxygen atoms in total. The van der Waals surface area contributed by atoms with E-state index in [4.69, 9.17) is 14.2 Å². The number of methoxy groups -OCH3 is 2. The van der Waals surface area contributed by atoms with Crippen LogP contribution in [0.4, 0.5) is 0 Å². The monoisotopic (exact) mass is 369 g/mol. The Kier molecular flexibility index (Phi) is 6.58. The molecule has 0 saturated carbocycles. The van der Waals surface area contributed by atoms with Crippen LogP contribution in [0.3, 0.4) is 0 Å². The summed E-state index contributed by atoms with van der Waals surface area (Å²) < 4.78 is 16.1. The molecule has 1 unspecified atom stereocenters. The molecule has 144 valence electrons. The molecule has 2 aromatic carbocycles. The molecule has 1 amide bonds. The lowest BCUT2D eigenvalue weighted by molar-refractivity contribution is -0.133. The van der Waals surface area contributed by atoms with Gasteiger partial charge in [0.25, 0.3) is 5.91 Å². The zero-order valence-electron chi connectivity index (χ0n) is 16.0. The molecule has 3 rings (SSSR count). The van der Waals surface area contributed by atoms with Gasteiger partial charge < -0.3 is 19.1 Å². The van der Waals surface area contributed by atoms with E-state index in [1.807, 2.05) is 35.2 Å². The highest BCUT2D eigenvalue weighted by Crippen LogP contribution is 2.28. The van der Waals surface area contributed by atoms with Crippen LogP contribution in [0.5, 0.6) is 17.2 Å². The topological polar surface area (TPSA) is 48.0 Å². The number of hydrogen-bond donors (Lipinski definition) is 0. The van der Waals surface area contributed by atoms with Gasteiger partial charge in [0.1, 0.15) is 17.2 Å². The van der Waals surface area contributed by atoms with Crippen molar-refractivity contribution in [1.29, 1.82) is 0 Å². The Hall–Kier alpha value is -2.69. The second-order valence-corrected chi connectivity index (χ2v) is 6.77. The summed E-state index contributed by atoms with van der Waals surface area (Å²) in [7, 11) is 3.28. The lowest BCUT2D eigenvalue weighted by Crippen LogP contribution is -2.37. The Bertz CT molecular complexity index is 744. The van der Waals surface area contributed by atoms with E-state index in [0.717, 1.165) is 38.1 Å². The molecule has 0 aliphatic carbocycles. The van der Waals surface area contributed by atoms with Crippen molar-refractivity contribution in [1.82, 2.24) is 4.90 Å². The van der Waals surface area contributed by atoms with Crippen molar-refractivity contribution in [2.45, 2.75) is 25.2 Å². The van der Waals surface area contributed by atoms with Gasteiger partial charge in [-0.1, -0.05) is 24.6 Å². The number of hydrogen-bond acceptors (Lipinski definition) is 4. The third kappa shape index (κ3) is 5.16. The van der Waals surface area contributed by atoms with E-state index in [2.05, 4.69) is 12.1 Å². The smallest absolute Gasteiger partial charge is 0.260 e. The Balaban J connectivity index is 1.61. The normalized spacial score (nSPS) is 17.1.